The molecule has 21 heteroatoms. The number of ether oxygens (including phenoxy) is 2. The largest absolute Gasteiger partial charge is 0.481 e. The molecule has 2 aromatic heterocycles. The number of hydrogen-bond donors (Lipinski definition) is 15. The number of nitrogens with one attached hydrogen (secondary N) is 5. The van der Waals surface area contributed by atoms with Crippen LogP contribution in [0.4, 0.5) is 5.82 Å². The molecule has 3 aliphatic heterocycles. The van der Waals surface area contributed by atoms with Crippen molar-refractivity contribution in [3.8, 4) is 0 Å². The van der Waals surface area contributed by atoms with Crippen LogP contribution in [0.1, 0.15) is 116 Å². The molecule has 5 saturated carbocycles. The monoisotopic (exact) mass is 1090 g/mol. The number of aliphatic carboxylic acids is 1. The highest BCUT2D eigenvalue weighted by Crippen LogP contribution is 2.86. The zero-order valence-electron chi connectivity index (χ0n) is 46.0. The molecule has 1 spiro atoms. The number of carboxylic acid groups (broad SMARTS) is 1. The number of nitrogens with two attached hydrogens (primary N) is 1. The minimum atomic E-state index is -1.70. The lowest BCUT2D eigenvalue weighted by molar-refractivity contribution is -0.362. The van der Waals surface area contributed by atoms with E-state index in [1.54, 1.807) is 25.9 Å². The second-order valence-corrected chi connectivity index (χ2v) is 27.0. The van der Waals surface area contributed by atoms with E-state index in [0.29, 0.717) is 70.2 Å². The molecule has 2 aromatic rings. The molecule has 16 N–H and O–H groups in total. The number of aromatic amines is 2. The van der Waals surface area contributed by atoms with Crippen molar-refractivity contribution < 1.29 is 65.0 Å². The standard InChI is InChI=1S/C57H88N8O13/c1-51(24-67)13-14-56(50(75)76)35(18-51)32-7-12-55-9-6-10-57(32,33-17-37-47(64-27-63-37)61-20-36(33)56)53(55,3)11-8-40-52(2,25-68)45(78-49-44(72)43(71)39(69)23-77-49)42(70)34(54(40,55)4)16-29-31(22-66)48(74)65-41(29)30(38-21-60-26-62-38)15-28(19-59-5)46(58)73/h7,21,26-31,33-36,39-46,49,59,61,66-73H,6,8-20,22-25,58H2,1-5H3,(H,60,62)(H,63,64)(H,65,74)(H,75,76)/t28-,29-,30-,31+,33-,34+,35-,36-,39+,40+,41-,42+,43-,44+,45+,46-,49-,51-,52-,53+,54-,55-,56+,57-/m0/s1. The Labute approximate surface area is 456 Å². The van der Waals surface area contributed by atoms with Crippen LogP contribution in [-0.4, -0.2) is 173 Å². The number of anilines is 1. The second kappa shape index (κ2) is 20.1. The van der Waals surface area contributed by atoms with Crippen LogP contribution in [0.25, 0.3) is 0 Å². The predicted molar refractivity (Wildman–Crippen MR) is 282 cm³/mol. The number of imidazole rings is 2. The number of carboxylic acids is 1. The van der Waals surface area contributed by atoms with Crippen LogP contribution in [0.3, 0.4) is 0 Å². The molecule has 11 rings (SSSR count). The fourth-order valence-electron chi connectivity index (χ4n) is 20.6. The van der Waals surface area contributed by atoms with E-state index in [-0.39, 0.29) is 43.3 Å². The van der Waals surface area contributed by atoms with E-state index in [1.165, 1.54) is 5.57 Å². The Morgan fingerprint density at radius 1 is 0.987 bits per heavy atom. The van der Waals surface area contributed by atoms with E-state index >= 15 is 0 Å². The normalized spacial score (nSPS) is 47.7. The molecule has 24 atom stereocenters. The van der Waals surface area contributed by atoms with Crippen LogP contribution in [0, 0.1) is 85.2 Å². The highest BCUT2D eigenvalue weighted by molar-refractivity contribution is 5.82. The fraction of sp³-hybridized carbons (Fsp3) is 0.825. The number of H-pyrrole nitrogens is 2. The molecule has 1 amide bonds. The van der Waals surface area contributed by atoms with Crippen molar-refractivity contribution >= 4 is 17.7 Å². The number of carbonyl (C=O) groups excluding carboxylic acids is 1. The number of fused-ring (bicyclic) bond motifs is 6. The maximum Gasteiger partial charge on any atom is 0.310 e. The molecule has 2 saturated heterocycles. The topological polar surface area (TPSA) is 354 Å². The number of amides is 1. The summed E-state index contributed by atoms with van der Waals surface area (Å²) in [5.41, 5.74) is 3.51. The van der Waals surface area contributed by atoms with Gasteiger partial charge >= 0.3 is 5.97 Å². The molecule has 5 heterocycles. The molecule has 0 radical (unpaired) electrons. The Kier molecular flexibility index (Phi) is 14.5. The van der Waals surface area contributed by atoms with Gasteiger partial charge in [0.1, 0.15) is 30.4 Å². The van der Waals surface area contributed by atoms with Gasteiger partial charge in [-0.25, -0.2) is 9.97 Å². The molecule has 434 valence electrons. The van der Waals surface area contributed by atoms with Crippen LogP contribution in [-0.2, 0) is 25.5 Å². The molecule has 7 fully saturated rings. The van der Waals surface area contributed by atoms with Crippen LogP contribution in [0.5, 0.6) is 0 Å². The first-order valence-corrected chi connectivity index (χ1v) is 29.0. The smallest absolute Gasteiger partial charge is 0.310 e. The van der Waals surface area contributed by atoms with E-state index in [9.17, 15) is 55.5 Å². The van der Waals surface area contributed by atoms with Gasteiger partial charge < -0.3 is 87.1 Å². The van der Waals surface area contributed by atoms with Crippen LogP contribution < -0.4 is 21.7 Å². The van der Waals surface area contributed by atoms with Crippen LogP contribution in [0.2, 0.25) is 0 Å². The molecule has 78 heavy (non-hydrogen) atoms. The molecular formula is C57H88N8O13. The van der Waals surface area contributed by atoms with Gasteiger partial charge in [-0.05, 0) is 135 Å². The summed E-state index contributed by atoms with van der Waals surface area (Å²) in [4.78, 5) is 44.9. The second-order valence-electron chi connectivity index (χ2n) is 27.0. The van der Waals surface area contributed by atoms with Gasteiger partial charge in [0.15, 0.2) is 6.29 Å². The first-order chi connectivity index (χ1) is 37.1. The number of hydrogen-bond acceptors (Lipinski definition) is 17. The van der Waals surface area contributed by atoms with Crippen molar-refractivity contribution in [3.05, 3.63) is 41.9 Å². The summed E-state index contributed by atoms with van der Waals surface area (Å²) in [5, 5.41) is 114. The Balaban J connectivity index is 1.11. The summed E-state index contributed by atoms with van der Waals surface area (Å²) in [6, 6.07) is -0.659. The molecule has 0 unspecified atom stereocenters. The summed E-state index contributed by atoms with van der Waals surface area (Å²) in [5.74, 6) is -4.97. The molecule has 21 nitrogen and oxygen atoms in total. The maximum atomic E-state index is 14.5. The van der Waals surface area contributed by atoms with Gasteiger partial charge in [0.2, 0.25) is 5.91 Å². The predicted octanol–water partition coefficient (Wildman–Crippen LogP) is 1.34. The lowest BCUT2D eigenvalue weighted by Crippen LogP contribution is -2.79. The molecule has 6 aliphatic carbocycles. The van der Waals surface area contributed by atoms with Crippen molar-refractivity contribution in [3.63, 3.8) is 0 Å². The third-order valence-electron chi connectivity index (χ3n) is 24.3. The minimum Gasteiger partial charge on any atom is -0.481 e. The number of nitrogens with zero attached hydrogens (tertiary/aromatic N) is 2. The summed E-state index contributed by atoms with van der Waals surface area (Å²) in [6.07, 6.45) is 4.01. The third-order valence-corrected chi connectivity index (χ3v) is 24.3. The first-order valence-electron chi connectivity index (χ1n) is 29.0. The van der Waals surface area contributed by atoms with Crippen LogP contribution >= 0.6 is 0 Å². The van der Waals surface area contributed by atoms with Crippen molar-refractivity contribution in [2.75, 3.05) is 51.9 Å². The lowest BCUT2D eigenvalue weighted by Gasteiger charge is -2.82. The fourth-order valence-corrected chi connectivity index (χ4v) is 20.6. The lowest BCUT2D eigenvalue weighted by atomic mass is 9.22. The van der Waals surface area contributed by atoms with E-state index in [4.69, 9.17) is 20.2 Å². The molecule has 0 aromatic carbocycles. The van der Waals surface area contributed by atoms with Gasteiger partial charge in [0.05, 0.1) is 61.7 Å². The third kappa shape index (κ3) is 7.67. The highest BCUT2D eigenvalue weighted by Gasteiger charge is 2.82. The van der Waals surface area contributed by atoms with E-state index in [0.717, 1.165) is 30.8 Å². The Morgan fingerprint density at radius 3 is 2.45 bits per heavy atom. The van der Waals surface area contributed by atoms with Crippen molar-refractivity contribution in [2.45, 2.75) is 160 Å². The number of allylic oxidation sites excluding steroid dienone is 2. The first kappa shape index (κ1) is 56.3. The summed E-state index contributed by atoms with van der Waals surface area (Å²) in [7, 11) is 1.78. The summed E-state index contributed by atoms with van der Waals surface area (Å²) < 4.78 is 12.7. The Bertz CT molecular complexity index is 2570. The van der Waals surface area contributed by atoms with Gasteiger partial charge in [-0.15, -0.1) is 0 Å². The SMILES string of the molecule is CNC[C@H](C[C@@H](c1cnc[nH]1)[C@H]1NC(=O)[C@H](CO)[C@@H]1C[C@@H]1[C@@H](O)[C@@H](O[C@@H]2OC[C@@H](O)[C@H](O)[C@H]2O)[C@@](C)(CO)[C@H]2CC[C@]3(C)[C@]4(CC=C5[C@@H]6C[C@@](C)(CO)CC[C@]6(C(=O)O)[C@H]6CNc7nc[nH]c7C[C@@H]6[C@]53CCC4)[C@@]12C)[C@@H](N)O. The van der Waals surface area contributed by atoms with E-state index < -0.39 is 142 Å². The number of aliphatic hydroxyl groups is 8. The zero-order valence-corrected chi connectivity index (χ0v) is 46.0. The van der Waals surface area contributed by atoms with Crippen molar-refractivity contribution in [1.82, 2.24) is 30.6 Å². The Morgan fingerprint density at radius 2 is 1.77 bits per heavy atom. The van der Waals surface area contributed by atoms with Gasteiger partial charge in [-0.3, -0.25) is 9.59 Å². The zero-order chi connectivity index (χ0) is 55.7. The Hall–Kier alpha value is -3.58. The average Bonchev–Trinajstić information content (AvgIpc) is 3.84. The van der Waals surface area contributed by atoms with Gasteiger partial charge in [-0.2, -0.15) is 0 Å². The van der Waals surface area contributed by atoms with E-state index in [1.807, 2.05) is 6.92 Å². The number of aliphatic hydroxyl groups excluding tert-OH is 8. The van der Waals surface area contributed by atoms with Crippen molar-refractivity contribution in [1.29, 1.82) is 0 Å². The number of carbonyl (C=O) groups is 2. The molecule has 2 bridgehead atoms. The summed E-state index contributed by atoms with van der Waals surface area (Å²) in [6.45, 7) is 8.19. The maximum absolute atomic E-state index is 14.5. The van der Waals surface area contributed by atoms with Gasteiger partial charge in [-0.1, -0.05) is 45.8 Å². The molecule has 9 aliphatic rings. The van der Waals surface area contributed by atoms with Gasteiger partial charge in [0.25, 0.3) is 0 Å². The quantitative estimate of drug-likeness (QED) is 0.0680. The van der Waals surface area contributed by atoms with Crippen LogP contribution in [0.15, 0.2) is 30.5 Å². The summed E-state index contributed by atoms with van der Waals surface area (Å²) >= 11 is 0. The highest BCUT2D eigenvalue weighted by atomic mass is 16.7. The number of aromatic nitrogens is 4. The number of rotatable bonds is 15. The minimum absolute atomic E-state index is 0.0647. The van der Waals surface area contributed by atoms with Gasteiger partial charge in [0, 0.05) is 60.3 Å². The average molecular weight is 1090 g/mol. The molecular weight excluding hydrogens is 1000 g/mol. The van der Waals surface area contributed by atoms with Crippen molar-refractivity contribution in [2.24, 2.45) is 91.0 Å². The van der Waals surface area contributed by atoms with E-state index in [2.05, 4.69) is 57.7 Å².